The van der Waals surface area contributed by atoms with E-state index in [1.807, 2.05) is 60.7 Å². The molecule has 0 aliphatic heterocycles. The molecule has 0 aliphatic carbocycles. The monoisotopic (exact) mass is 479 g/mol. The first-order chi connectivity index (χ1) is 17.0. The molecule has 6 nitrogen and oxygen atoms in total. The van der Waals surface area contributed by atoms with E-state index in [0.29, 0.717) is 0 Å². The second-order valence-electron chi connectivity index (χ2n) is 7.47. The molecule has 0 bridgehead atoms. The zero-order valence-electron chi connectivity index (χ0n) is 18.6. The minimum Gasteiger partial charge on any atom is -0.480 e. The van der Waals surface area contributed by atoms with Crippen LogP contribution in [-0.2, 0) is 9.59 Å². The Bertz CT molecular complexity index is 1350. The number of nitrogens with zero attached hydrogens (tertiary/aromatic N) is 2. The van der Waals surface area contributed by atoms with Crippen LogP contribution < -0.4 is 10.2 Å². The highest BCUT2D eigenvalue weighted by Crippen LogP contribution is 2.36. The van der Waals surface area contributed by atoms with Gasteiger partial charge in [0.2, 0.25) is 0 Å². The maximum absolute atomic E-state index is 12.0. The number of nitrogens with one attached hydrogen (secondary N) is 1. The van der Waals surface area contributed by atoms with Crippen LogP contribution in [0.1, 0.15) is 4.88 Å². The lowest BCUT2D eigenvalue weighted by atomic mass is 10.1. The molecular weight excluding hydrogens is 458 g/mol. The number of hydrogen-bond donors (Lipinski definition) is 2. The summed E-state index contributed by atoms with van der Waals surface area (Å²) in [7, 11) is 0. The third-order valence-corrected chi connectivity index (χ3v) is 6.18. The van der Waals surface area contributed by atoms with Gasteiger partial charge >= 0.3 is 5.97 Å². The standard InChI is InChI=1S/C28H21N3O3S/c1-29-25(28(34)30-19-27(32)33)18-24-16-17-26(35-24)20-12-14-23(15-13-20)31(21-8-4-2-5-9-21)22-10-6-3-7-11-22/h2-18H,19H2,(H,30,34)(H,32,33)/b25-18-. The topological polar surface area (TPSA) is 74.0 Å². The van der Waals surface area contributed by atoms with Gasteiger partial charge in [-0.25, -0.2) is 4.85 Å². The predicted molar refractivity (Wildman–Crippen MR) is 140 cm³/mol. The van der Waals surface area contributed by atoms with Crippen molar-refractivity contribution in [3.05, 3.63) is 119 Å². The molecule has 0 radical (unpaired) electrons. The fourth-order valence-electron chi connectivity index (χ4n) is 3.49. The summed E-state index contributed by atoms with van der Waals surface area (Å²) in [6.45, 7) is 6.72. The van der Waals surface area contributed by atoms with E-state index >= 15 is 0 Å². The van der Waals surface area contributed by atoms with Crippen molar-refractivity contribution < 1.29 is 14.7 Å². The lowest BCUT2D eigenvalue weighted by molar-refractivity contribution is -0.137. The normalized spacial score (nSPS) is 10.9. The van der Waals surface area contributed by atoms with Crippen LogP contribution in [0.3, 0.4) is 0 Å². The molecule has 0 fully saturated rings. The van der Waals surface area contributed by atoms with Gasteiger partial charge in [0.15, 0.2) is 0 Å². The largest absolute Gasteiger partial charge is 0.480 e. The molecule has 4 aromatic rings. The van der Waals surface area contributed by atoms with Gasteiger partial charge < -0.3 is 15.3 Å². The molecule has 0 saturated heterocycles. The number of carboxylic acids is 1. The first-order valence-corrected chi connectivity index (χ1v) is 11.6. The van der Waals surface area contributed by atoms with Crippen LogP contribution >= 0.6 is 11.3 Å². The van der Waals surface area contributed by atoms with Crippen molar-refractivity contribution in [1.29, 1.82) is 0 Å². The van der Waals surface area contributed by atoms with Gasteiger partial charge in [0.05, 0.1) is 6.57 Å². The quantitative estimate of drug-likeness (QED) is 0.228. The molecule has 1 aromatic heterocycles. The summed E-state index contributed by atoms with van der Waals surface area (Å²) in [4.78, 5) is 29.8. The van der Waals surface area contributed by atoms with Gasteiger partial charge in [0.1, 0.15) is 6.54 Å². The van der Waals surface area contributed by atoms with Crippen molar-refractivity contribution in [3.8, 4) is 10.4 Å². The number of aliphatic carboxylic acids is 1. The number of hydrogen-bond acceptors (Lipinski definition) is 4. The van der Waals surface area contributed by atoms with Gasteiger partial charge in [-0.1, -0.05) is 48.5 Å². The first-order valence-electron chi connectivity index (χ1n) is 10.7. The highest BCUT2D eigenvalue weighted by molar-refractivity contribution is 7.16. The molecule has 35 heavy (non-hydrogen) atoms. The van der Waals surface area contributed by atoms with E-state index in [1.54, 1.807) is 0 Å². The van der Waals surface area contributed by atoms with Crippen LogP contribution in [0.5, 0.6) is 0 Å². The van der Waals surface area contributed by atoms with Crippen LogP contribution in [0.2, 0.25) is 0 Å². The summed E-state index contributed by atoms with van der Waals surface area (Å²) in [6, 6.07) is 32.3. The van der Waals surface area contributed by atoms with Crippen molar-refractivity contribution >= 4 is 46.4 Å². The van der Waals surface area contributed by atoms with Gasteiger partial charge in [0.25, 0.3) is 11.6 Å². The van der Waals surface area contributed by atoms with Crippen LogP contribution in [-0.4, -0.2) is 23.5 Å². The molecule has 3 aromatic carbocycles. The Morgan fingerprint density at radius 2 is 1.43 bits per heavy atom. The van der Waals surface area contributed by atoms with E-state index in [1.165, 1.54) is 17.4 Å². The fourth-order valence-corrected chi connectivity index (χ4v) is 4.44. The van der Waals surface area contributed by atoms with Crippen molar-refractivity contribution in [3.63, 3.8) is 0 Å². The van der Waals surface area contributed by atoms with E-state index in [9.17, 15) is 9.59 Å². The summed E-state index contributed by atoms with van der Waals surface area (Å²) in [5, 5.41) is 10.9. The number of amides is 1. The molecule has 0 atom stereocenters. The fraction of sp³-hybridized carbons (Fsp3) is 0.0357. The van der Waals surface area contributed by atoms with Crippen LogP contribution in [0.25, 0.3) is 21.4 Å². The molecule has 172 valence electrons. The Morgan fingerprint density at radius 3 is 1.97 bits per heavy atom. The Labute approximate surface area is 207 Å². The smallest absolute Gasteiger partial charge is 0.322 e. The maximum atomic E-state index is 12.0. The average Bonchev–Trinajstić information content (AvgIpc) is 3.36. The average molecular weight is 480 g/mol. The molecule has 1 heterocycles. The predicted octanol–water partition coefficient (Wildman–Crippen LogP) is 6.35. The number of carboxylic acid groups (broad SMARTS) is 1. The minimum atomic E-state index is -1.16. The van der Waals surface area contributed by atoms with E-state index in [4.69, 9.17) is 11.7 Å². The van der Waals surface area contributed by atoms with Crippen LogP contribution in [0.4, 0.5) is 17.1 Å². The number of carbonyl (C=O) groups excluding carboxylic acids is 1. The zero-order valence-corrected chi connectivity index (χ0v) is 19.4. The summed E-state index contributed by atoms with van der Waals surface area (Å²) >= 11 is 1.45. The summed E-state index contributed by atoms with van der Waals surface area (Å²) in [6.07, 6.45) is 1.47. The molecule has 7 heteroatoms. The molecular formula is C28H21N3O3S. The zero-order chi connectivity index (χ0) is 24.6. The van der Waals surface area contributed by atoms with Crippen molar-refractivity contribution in [2.75, 3.05) is 11.4 Å². The Kier molecular flexibility index (Phi) is 7.36. The molecule has 2 N–H and O–H groups in total. The number of thiophene rings is 1. The third kappa shape index (κ3) is 5.82. The highest BCUT2D eigenvalue weighted by atomic mass is 32.1. The van der Waals surface area contributed by atoms with Gasteiger partial charge in [-0.2, -0.15) is 0 Å². The lowest BCUT2D eigenvalue weighted by Crippen LogP contribution is -2.29. The van der Waals surface area contributed by atoms with Gasteiger partial charge in [-0.15, -0.1) is 11.3 Å². The van der Waals surface area contributed by atoms with Crippen LogP contribution in [0.15, 0.2) is 103 Å². The summed E-state index contributed by atoms with van der Waals surface area (Å²) < 4.78 is 0. The van der Waals surface area contributed by atoms with Gasteiger partial charge in [-0.05, 0) is 60.2 Å². The van der Waals surface area contributed by atoms with Gasteiger partial charge in [0, 0.05) is 26.8 Å². The second-order valence-corrected chi connectivity index (χ2v) is 8.59. The van der Waals surface area contributed by atoms with Crippen molar-refractivity contribution in [2.24, 2.45) is 0 Å². The first kappa shape index (κ1) is 23.5. The maximum Gasteiger partial charge on any atom is 0.322 e. The minimum absolute atomic E-state index is 0.156. The molecule has 1 amide bonds. The van der Waals surface area contributed by atoms with Crippen molar-refractivity contribution in [1.82, 2.24) is 5.32 Å². The van der Waals surface area contributed by atoms with Crippen LogP contribution in [0, 0.1) is 6.57 Å². The summed E-state index contributed by atoms with van der Waals surface area (Å²) in [5.41, 5.74) is 3.99. The Hall–Kier alpha value is -4.67. The van der Waals surface area contributed by atoms with E-state index in [2.05, 4.69) is 51.5 Å². The SMILES string of the molecule is [C-]#[N+]/C(=C\c1ccc(-c2ccc(N(c3ccccc3)c3ccccc3)cc2)s1)C(=O)NCC(=O)O. The van der Waals surface area contributed by atoms with E-state index in [-0.39, 0.29) is 5.70 Å². The lowest BCUT2D eigenvalue weighted by Gasteiger charge is -2.25. The second kappa shape index (κ2) is 11.0. The number of para-hydroxylation sites is 2. The number of benzene rings is 3. The summed E-state index contributed by atoms with van der Waals surface area (Å²) in [5.74, 6) is -1.87. The number of anilines is 3. The Balaban J connectivity index is 1.58. The highest BCUT2D eigenvalue weighted by Gasteiger charge is 2.14. The number of rotatable bonds is 8. The van der Waals surface area contributed by atoms with E-state index < -0.39 is 18.4 Å². The number of carbonyl (C=O) groups is 2. The van der Waals surface area contributed by atoms with E-state index in [0.717, 1.165) is 32.4 Å². The Morgan fingerprint density at radius 1 is 0.857 bits per heavy atom. The molecule has 0 spiro atoms. The molecule has 0 saturated carbocycles. The van der Waals surface area contributed by atoms with Gasteiger partial charge in [-0.3, -0.25) is 9.59 Å². The van der Waals surface area contributed by atoms with Crippen molar-refractivity contribution in [2.45, 2.75) is 0 Å². The molecule has 0 aliphatic rings. The molecule has 4 rings (SSSR count). The third-order valence-electron chi connectivity index (χ3n) is 5.10. The molecule has 0 unspecified atom stereocenters.